The van der Waals surface area contributed by atoms with Crippen LogP contribution in [0.2, 0.25) is 0 Å². The summed E-state index contributed by atoms with van der Waals surface area (Å²) in [6.07, 6.45) is 2.58. The zero-order valence-electron chi connectivity index (χ0n) is 13.3. The van der Waals surface area contributed by atoms with Crippen molar-refractivity contribution in [1.82, 2.24) is 19.6 Å². The van der Waals surface area contributed by atoms with E-state index in [0.29, 0.717) is 6.54 Å². The van der Waals surface area contributed by atoms with Gasteiger partial charge in [-0.15, -0.1) is 0 Å². The molecule has 24 heavy (non-hydrogen) atoms. The molecule has 1 amide bonds. The van der Waals surface area contributed by atoms with Crippen molar-refractivity contribution in [2.75, 3.05) is 12.4 Å². The second-order valence-electron chi connectivity index (χ2n) is 4.82. The highest BCUT2D eigenvalue weighted by molar-refractivity contribution is 5.99. The molecule has 0 saturated carbocycles. The van der Waals surface area contributed by atoms with Crippen LogP contribution in [0, 0.1) is 17.0 Å². The quantitative estimate of drug-likeness (QED) is 0.467. The number of carbonyl (C=O) groups excluding carboxylic acids is 2. The summed E-state index contributed by atoms with van der Waals surface area (Å²) >= 11 is 0. The maximum absolute atomic E-state index is 12.1. The van der Waals surface area contributed by atoms with Gasteiger partial charge < -0.3 is 10.1 Å². The van der Waals surface area contributed by atoms with Gasteiger partial charge in [-0.1, -0.05) is 0 Å². The van der Waals surface area contributed by atoms with Crippen LogP contribution >= 0.6 is 0 Å². The number of hydrogen-bond donors (Lipinski definition) is 1. The van der Waals surface area contributed by atoms with Crippen molar-refractivity contribution >= 4 is 23.3 Å². The molecule has 0 aliphatic heterocycles. The monoisotopic (exact) mass is 336 g/mol. The first-order valence-electron chi connectivity index (χ1n) is 6.99. The number of carbonyl (C=O) groups is 2. The molecule has 2 aromatic heterocycles. The number of nitrogens with one attached hydrogen (secondary N) is 1. The Morgan fingerprint density at radius 1 is 1.46 bits per heavy atom. The number of aryl methyl sites for hydroxylation is 1. The first-order valence-corrected chi connectivity index (χ1v) is 6.99. The second-order valence-corrected chi connectivity index (χ2v) is 4.82. The molecule has 0 aromatic carbocycles. The third-order valence-corrected chi connectivity index (χ3v) is 3.31. The fraction of sp³-hybridized carbons (Fsp3) is 0.385. The summed E-state index contributed by atoms with van der Waals surface area (Å²) in [5.41, 5.74) is 0.272. The molecule has 0 atom stereocenters. The molecule has 0 radical (unpaired) electrons. The molecular weight excluding hydrogens is 320 g/mol. The maximum atomic E-state index is 12.1. The van der Waals surface area contributed by atoms with Crippen LogP contribution in [0.1, 0.15) is 23.1 Å². The fourth-order valence-corrected chi connectivity index (χ4v) is 2.02. The first kappa shape index (κ1) is 17.1. The molecule has 2 rings (SSSR count). The van der Waals surface area contributed by atoms with Crippen molar-refractivity contribution in [2.24, 2.45) is 0 Å². The topological polar surface area (TPSA) is 134 Å². The van der Waals surface area contributed by atoms with Crippen LogP contribution in [-0.4, -0.2) is 43.5 Å². The molecule has 0 spiro atoms. The summed E-state index contributed by atoms with van der Waals surface area (Å²) in [7, 11) is 1.21. The third kappa shape index (κ3) is 3.39. The lowest BCUT2D eigenvalue weighted by Gasteiger charge is -2.05. The van der Waals surface area contributed by atoms with Crippen LogP contribution in [0.4, 0.5) is 11.4 Å². The Morgan fingerprint density at radius 3 is 2.71 bits per heavy atom. The third-order valence-electron chi connectivity index (χ3n) is 3.31. The number of rotatable bonds is 6. The van der Waals surface area contributed by atoms with E-state index in [2.05, 4.69) is 20.3 Å². The zero-order chi connectivity index (χ0) is 17.9. The molecule has 2 aromatic rings. The van der Waals surface area contributed by atoms with Gasteiger partial charge in [0.15, 0.2) is 5.69 Å². The van der Waals surface area contributed by atoms with Gasteiger partial charge in [-0.2, -0.15) is 10.2 Å². The Labute approximate surface area is 136 Å². The van der Waals surface area contributed by atoms with Crippen molar-refractivity contribution in [3.05, 3.63) is 33.9 Å². The predicted octanol–water partition coefficient (Wildman–Crippen LogP) is 0.741. The number of aromatic nitrogens is 4. The summed E-state index contributed by atoms with van der Waals surface area (Å²) in [6, 6.07) is 0. The largest absolute Gasteiger partial charge is 0.464 e. The number of nitro groups is 1. The Balaban J connectivity index is 2.17. The van der Waals surface area contributed by atoms with E-state index in [9.17, 15) is 19.7 Å². The molecule has 0 aliphatic rings. The number of methoxy groups -OCH3 is 1. The summed E-state index contributed by atoms with van der Waals surface area (Å²) in [4.78, 5) is 34.1. The van der Waals surface area contributed by atoms with Gasteiger partial charge in [-0.05, 0) is 13.8 Å². The summed E-state index contributed by atoms with van der Waals surface area (Å²) in [6.45, 7) is 3.58. The molecule has 0 unspecified atom stereocenters. The molecule has 0 fully saturated rings. The van der Waals surface area contributed by atoms with Crippen LogP contribution in [0.5, 0.6) is 0 Å². The molecule has 2 heterocycles. The highest BCUT2D eigenvalue weighted by atomic mass is 16.6. The van der Waals surface area contributed by atoms with Crippen molar-refractivity contribution in [3.8, 4) is 0 Å². The number of esters is 1. The van der Waals surface area contributed by atoms with Gasteiger partial charge in [0, 0.05) is 12.7 Å². The highest BCUT2D eigenvalue weighted by Crippen LogP contribution is 2.17. The molecule has 128 valence electrons. The van der Waals surface area contributed by atoms with E-state index in [-0.39, 0.29) is 29.3 Å². The predicted molar refractivity (Wildman–Crippen MR) is 81.5 cm³/mol. The number of hydrogen-bond acceptors (Lipinski definition) is 7. The highest BCUT2D eigenvalue weighted by Gasteiger charge is 2.21. The van der Waals surface area contributed by atoms with Gasteiger partial charge in [0.25, 0.3) is 0 Å². The minimum Gasteiger partial charge on any atom is -0.464 e. The van der Waals surface area contributed by atoms with E-state index < -0.39 is 16.8 Å². The van der Waals surface area contributed by atoms with Gasteiger partial charge >= 0.3 is 11.7 Å². The number of nitrogens with zero attached hydrogens (tertiary/aromatic N) is 5. The first-order chi connectivity index (χ1) is 11.4. The Hall–Kier alpha value is -3.24. The molecule has 11 nitrogen and oxygen atoms in total. The summed E-state index contributed by atoms with van der Waals surface area (Å²) in [5.74, 6) is -1.18. The fourth-order valence-electron chi connectivity index (χ4n) is 2.02. The van der Waals surface area contributed by atoms with Crippen LogP contribution in [0.3, 0.4) is 0 Å². The van der Waals surface area contributed by atoms with Gasteiger partial charge in [0.05, 0.1) is 17.7 Å². The van der Waals surface area contributed by atoms with E-state index in [1.807, 2.05) is 6.92 Å². The molecule has 11 heteroatoms. The minimum atomic E-state index is -0.677. The minimum absolute atomic E-state index is 0.0177. The zero-order valence-corrected chi connectivity index (χ0v) is 13.3. The second kappa shape index (κ2) is 6.89. The lowest BCUT2D eigenvalue weighted by Crippen LogP contribution is -2.21. The van der Waals surface area contributed by atoms with Crippen LogP contribution in [0.25, 0.3) is 0 Å². The van der Waals surface area contributed by atoms with E-state index in [0.717, 1.165) is 6.20 Å². The summed E-state index contributed by atoms with van der Waals surface area (Å²) in [5, 5.41) is 21.2. The number of anilines is 1. The van der Waals surface area contributed by atoms with Gasteiger partial charge in [0.1, 0.15) is 18.4 Å². The SMILES string of the molecule is CCn1cc(NC(=O)Cn2ncc([N+](=O)[O-])c2C)c(C(=O)OC)n1. The molecule has 0 saturated heterocycles. The molecule has 0 bridgehead atoms. The Morgan fingerprint density at radius 2 is 2.17 bits per heavy atom. The maximum Gasteiger partial charge on any atom is 0.360 e. The van der Waals surface area contributed by atoms with Crippen molar-refractivity contribution in [2.45, 2.75) is 26.9 Å². The average Bonchev–Trinajstić information content (AvgIpc) is 3.11. The van der Waals surface area contributed by atoms with E-state index in [1.165, 1.54) is 29.6 Å². The Kier molecular flexibility index (Phi) is 4.92. The Bertz CT molecular complexity index is 793. The standard InChI is InChI=1S/C13H16N6O5/c1-4-17-6-9(12(16-17)13(21)24-3)15-11(20)7-18-8(2)10(5-14-18)19(22)23/h5-6H,4,7H2,1-3H3,(H,15,20). The lowest BCUT2D eigenvalue weighted by atomic mass is 10.3. The van der Waals surface area contributed by atoms with Crippen LogP contribution < -0.4 is 5.32 Å². The molecular formula is C13H16N6O5. The van der Waals surface area contributed by atoms with Crippen LogP contribution in [-0.2, 0) is 22.6 Å². The van der Waals surface area contributed by atoms with Crippen molar-refractivity contribution < 1.29 is 19.2 Å². The van der Waals surface area contributed by atoms with E-state index >= 15 is 0 Å². The average molecular weight is 336 g/mol. The van der Waals surface area contributed by atoms with Crippen LogP contribution in [0.15, 0.2) is 12.4 Å². The number of amides is 1. The van der Waals surface area contributed by atoms with Gasteiger partial charge in [-0.3, -0.25) is 24.3 Å². The van der Waals surface area contributed by atoms with Crippen molar-refractivity contribution in [3.63, 3.8) is 0 Å². The normalized spacial score (nSPS) is 10.5. The van der Waals surface area contributed by atoms with Gasteiger partial charge in [-0.25, -0.2) is 4.79 Å². The smallest absolute Gasteiger partial charge is 0.360 e. The lowest BCUT2D eigenvalue weighted by molar-refractivity contribution is -0.385. The van der Waals surface area contributed by atoms with Gasteiger partial charge in [0.2, 0.25) is 5.91 Å². The van der Waals surface area contributed by atoms with Crippen molar-refractivity contribution in [1.29, 1.82) is 0 Å². The van der Waals surface area contributed by atoms with E-state index in [4.69, 9.17) is 0 Å². The summed E-state index contributed by atoms with van der Waals surface area (Å²) < 4.78 is 7.31. The van der Waals surface area contributed by atoms with E-state index in [1.54, 1.807) is 0 Å². The molecule has 0 aliphatic carbocycles. The number of ether oxygens (including phenoxy) is 1. The molecule has 1 N–H and O–H groups in total.